The van der Waals surface area contributed by atoms with E-state index in [-0.39, 0.29) is 18.0 Å². The summed E-state index contributed by atoms with van der Waals surface area (Å²) in [5.41, 5.74) is 6.24. The largest absolute Gasteiger partial charge is 0.279 e. The standard InChI is InChI=1S/C24H27NO3S/c1-18-10-12-23(13-11-18)29(26,27)25(16-22-8-6-5-7-9-22)28-17-24-20(3)14-19(2)15-21(24)4/h5-15H,16-17H2,1-4H3. The molecule has 0 radical (unpaired) electrons. The van der Waals surface area contributed by atoms with Crippen molar-refractivity contribution < 1.29 is 13.3 Å². The molecule has 0 fully saturated rings. The molecule has 0 amide bonds. The molecule has 0 heterocycles. The van der Waals surface area contributed by atoms with Crippen LogP contribution in [0.2, 0.25) is 0 Å². The molecule has 0 unspecified atom stereocenters. The van der Waals surface area contributed by atoms with Gasteiger partial charge in [0.05, 0.1) is 18.0 Å². The molecule has 0 atom stereocenters. The minimum Gasteiger partial charge on any atom is -0.279 e. The lowest BCUT2D eigenvalue weighted by molar-refractivity contribution is -0.103. The van der Waals surface area contributed by atoms with E-state index in [0.29, 0.717) is 0 Å². The van der Waals surface area contributed by atoms with Crippen molar-refractivity contribution in [2.45, 2.75) is 45.7 Å². The summed E-state index contributed by atoms with van der Waals surface area (Å²) in [7, 11) is -3.81. The lowest BCUT2D eigenvalue weighted by Crippen LogP contribution is -2.31. The molecule has 0 saturated carbocycles. The maximum atomic E-state index is 13.3. The van der Waals surface area contributed by atoms with Gasteiger partial charge in [-0.2, -0.15) is 0 Å². The van der Waals surface area contributed by atoms with Crippen molar-refractivity contribution in [1.82, 2.24) is 4.47 Å². The zero-order valence-corrected chi connectivity index (χ0v) is 18.2. The van der Waals surface area contributed by atoms with Crippen molar-refractivity contribution in [1.29, 1.82) is 0 Å². The Morgan fingerprint density at radius 2 is 1.38 bits per heavy atom. The van der Waals surface area contributed by atoms with Crippen LogP contribution >= 0.6 is 0 Å². The highest BCUT2D eigenvalue weighted by atomic mass is 32.2. The number of hydrogen-bond acceptors (Lipinski definition) is 3. The van der Waals surface area contributed by atoms with Gasteiger partial charge in [-0.15, -0.1) is 0 Å². The number of rotatable bonds is 7. The highest BCUT2D eigenvalue weighted by Crippen LogP contribution is 2.23. The van der Waals surface area contributed by atoms with Crippen molar-refractivity contribution in [3.63, 3.8) is 0 Å². The number of aryl methyl sites for hydroxylation is 4. The van der Waals surface area contributed by atoms with Crippen LogP contribution in [0.25, 0.3) is 0 Å². The first-order valence-corrected chi connectivity index (χ1v) is 11.0. The van der Waals surface area contributed by atoms with Gasteiger partial charge in [-0.1, -0.05) is 70.2 Å². The molecular formula is C24H27NO3S. The second-order valence-electron chi connectivity index (χ2n) is 7.42. The third-order valence-corrected chi connectivity index (χ3v) is 6.57. The molecular weight excluding hydrogens is 382 g/mol. The van der Waals surface area contributed by atoms with Crippen LogP contribution in [-0.2, 0) is 28.0 Å². The van der Waals surface area contributed by atoms with Crippen LogP contribution in [0.5, 0.6) is 0 Å². The number of hydroxylamine groups is 1. The summed E-state index contributed by atoms with van der Waals surface area (Å²) in [6, 6.07) is 20.5. The van der Waals surface area contributed by atoms with Crippen molar-refractivity contribution in [3.8, 4) is 0 Å². The first-order valence-electron chi connectivity index (χ1n) is 9.60. The van der Waals surface area contributed by atoms with Gasteiger partial charge in [0.15, 0.2) is 0 Å². The first kappa shape index (κ1) is 21.2. The summed E-state index contributed by atoms with van der Waals surface area (Å²) in [5.74, 6) is 0. The van der Waals surface area contributed by atoms with Crippen molar-refractivity contribution in [2.24, 2.45) is 0 Å². The highest BCUT2D eigenvalue weighted by molar-refractivity contribution is 7.89. The number of hydrogen-bond donors (Lipinski definition) is 0. The second kappa shape index (κ2) is 8.91. The van der Waals surface area contributed by atoms with Gasteiger partial charge < -0.3 is 0 Å². The van der Waals surface area contributed by atoms with Crippen molar-refractivity contribution in [3.05, 3.63) is 100 Å². The van der Waals surface area contributed by atoms with Gasteiger partial charge in [0.1, 0.15) is 0 Å². The summed E-state index contributed by atoms with van der Waals surface area (Å²) in [5, 5.41) is 0. The van der Waals surface area contributed by atoms with Gasteiger partial charge in [0, 0.05) is 0 Å². The minimum absolute atomic E-state index is 0.140. The van der Waals surface area contributed by atoms with Gasteiger partial charge in [0.25, 0.3) is 10.0 Å². The van der Waals surface area contributed by atoms with Crippen molar-refractivity contribution >= 4 is 10.0 Å². The van der Waals surface area contributed by atoms with Crippen LogP contribution in [0, 0.1) is 27.7 Å². The molecule has 29 heavy (non-hydrogen) atoms. The number of sulfonamides is 1. The summed E-state index contributed by atoms with van der Waals surface area (Å²) in [4.78, 5) is 6.15. The molecule has 3 rings (SSSR count). The Kier molecular flexibility index (Phi) is 6.52. The monoisotopic (exact) mass is 409 g/mol. The lowest BCUT2D eigenvalue weighted by atomic mass is 10.0. The molecule has 0 aromatic heterocycles. The Hall–Kier alpha value is -2.47. The fourth-order valence-electron chi connectivity index (χ4n) is 3.33. The van der Waals surface area contributed by atoms with Gasteiger partial charge >= 0.3 is 0 Å². The Morgan fingerprint density at radius 3 is 1.97 bits per heavy atom. The van der Waals surface area contributed by atoms with E-state index in [1.54, 1.807) is 24.3 Å². The fourth-order valence-corrected chi connectivity index (χ4v) is 4.56. The van der Waals surface area contributed by atoms with Crippen LogP contribution in [0.3, 0.4) is 0 Å². The van der Waals surface area contributed by atoms with E-state index in [4.69, 9.17) is 4.84 Å². The normalized spacial score (nSPS) is 11.8. The van der Waals surface area contributed by atoms with Gasteiger partial charge in [0.2, 0.25) is 0 Å². The molecule has 0 aliphatic rings. The van der Waals surface area contributed by atoms with E-state index in [1.165, 1.54) is 5.56 Å². The average molecular weight is 410 g/mol. The van der Waals surface area contributed by atoms with E-state index >= 15 is 0 Å². The van der Waals surface area contributed by atoms with Gasteiger partial charge in [-0.05, 0) is 62.1 Å². The van der Waals surface area contributed by atoms with Crippen LogP contribution in [0.4, 0.5) is 0 Å². The molecule has 0 spiro atoms. The van der Waals surface area contributed by atoms with Crippen LogP contribution < -0.4 is 0 Å². The third-order valence-electron chi connectivity index (χ3n) is 4.93. The second-order valence-corrected chi connectivity index (χ2v) is 9.24. The molecule has 3 aromatic rings. The summed E-state index contributed by atoms with van der Waals surface area (Å²) >= 11 is 0. The molecule has 0 bridgehead atoms. The van der Waals surface area contributed by atoms with E-state index in [9.17, 15) is 8.42 Å². The minimum atomic E-state index is -3.81. The summed E-state index contributed by atoms with van der Waals surface area (Å²) < 4.78 is 27.7. The predicted molar refractivity (Wildman–Crippen MR) is 116 cm³/mol. The smallest absolute Gasteiger partial charge is 0.265 e. The summed E-state index contributed by atoms with van der Waals surface area (Å²) in [6.07, 6.45) is 0. The Bertz CT molecular complexity index is 1050. The quantitative estimate of drug-likeness (QED) is 0.501. The Morgan fingerprint density at radius 1 is 0.793 bits per heavy atom. The highest BCUT2D eigenvalue weighted by Gasteiger charge is 2.26. The third kappa shape index (κ3) is 5.12. The maximum absolute atomic E-state index is 13.3. The van der Waals surface area contributed by atoms with Crippen molar-refractivity contribution in [2.75, 3.05) is 0 Å². The molecule has 152 valence electrons. The maximum Gasteiger partial charge on any atom is 0.265 e. The zero-order valence-electron chi connectivity index (χ0n) is 17.3. The number of benzene rings is 3. The van der Waals surface area contributed by atoms with E-state index in [0.717, 1.165) is 32.3 Å². The van der Waals surface area contributed by atoms with Crippen LogP contribution in [0.1, 0.15) is 33.4 Å². The van der Waals surface area contributed by atoms with E-state index < -0.39 is 10.0 Å². The summed E-state index contributed by atoms with van der Waals surface area (Å²) in [6.45, 7) is 8.35. The topological polar surface area (TPSA) is 46.6 Å². The van der Waals surface area contributed by atoms with Crippen LogP contribution in [-0.4, -0.2) is 12.9 Å². The molecule has 0 aliphatic heterocycles. The van der Waals surface area contributed by atoms with Gasteiger partial charge in [-0.3, -0.25) is 4.84 Å². The fraction of sp³-hybridized carbons (Fsp3) is 0.250. The first-order chi connectivity index (χ1) is 13.8. The van der Waals surface area contributed by atoms with E-state index in [2.05, 4.69) is 12.1 Å². The molecule has 4 nitrogen and oxygen atoms in total. The molecule has 5 heteroatoms. The van der Waals surface area contributed by atoms with Crippen LogP contribution in [0.15, 0.2) is 71.6 Å². The molecule has 3 aromatic carbocycles. The average Bonchev–Trinajstić information content (AvgIpc) is 2.67. The SMILES string of the molecule is Cc1ccc(S(=O)(=O)N(Cc2ccccc2)OCc2c(C)cc(C)cc2C)cc1. The zero-order chi connectivity index (χ0) is 21.0. The Balaban J connectivity index is 1.92. The van der Waals surface area contributed by atoms with E-state index in [1.807, 2.05) is 58.0 Å². The predicted octanol–water partition coefficient (Wildman–Crippen LogP) is 5.24. The molecule has 0 aliphatic carbocycles. The Labute approximate surface area is 173 Å². The van der Waals surface area contributed by atoms with Gasteiger partial charge in [-0.25, -0.2) is 8.42 Å². The molecule has 0 saturated heterocycles. The number of nitrogens with zero attached hydrogens (tertiary/aromatic N) is 1. The lowest BCUT2D eigenvalue weighted by Gasteiger charge is -2.23. The molecule has 0 N–H and O–H groups in total.